The largest absolute Gasteiger partial charge is 0.310 e. The monoisotopic (exact) mass is 868 g/mol. The fourth-order valence-corrected chi connectivity index (χ4v) is 10.3. The van der Waals surface area contributed by atoms with Crippen LogP contribution >= 0.6 is 0 Å². The topological polar surface area (TPSA) is 6.48 Å². The van der Waals surface area contributed by atoms with Gasteiger partial charge >= 0.3 is 0 Å². The number of hydrogen-bond acceptors (Lipinski definition) is 2. The molecule has 2 heteroatoms. The lowest BCUT2D eigenvalue weighted by molar-refractivity contribution is 1.25. The van der Waals surface area contributed by atoms with Gasteiger partial charge in [-0.2, -0.15) is 0 Å². The second kappa shape index (κ2) is 17.3. The molecule has 68 heavy (non-hydrogen) atoms. The number of hydrogen-bond donors (Lipinski definition) is 0. The summed E-state index contributed by atoms with van der Waals surface area (Å²) in [6, 6.07) is 93.2. The average Bonchev–Trinajstić information content (AvgIpc) is 3.39. The van der Waals surface area contributed by atoms with Gasteiger partial charge in [0, 0.05) is 33.9 Å². The molecule has 322 valence electrons. The third kappa shape index (κ3) is 7.33. The van der Waals surface area contributed by atoms with Crippen molar-refractivity contribution in [1.82, 2.24) is 0 Å². The molecule has 0 aliphatic heterocycles. The van der Waals surface area contributed by atoms with Crippen LogP contribution in [-0.4, -0.2) is 0 Å². The van der Waals surface area contributed by atoms with Crippen LogP contribution in [0.25, 0.3) is 76.5 Å². The molecule has 0 amide bonds. The van der Waals surface area contributed by atoms with Gasteiger partial charge in [0.25, 0.3) is 0 Å². The number of nitrogens with zero attached hydrogens (tertiary/aromatic N) is 2. The Kier molecular flexibility index (Phi) is 10.3. The number of benzene rings is 12. The van der Waals surface area contributed by atoms with Gasteiger partial charge in [0.2, 0.25) is 0 Å². The molecule has 0 heterocycles. The highest BCUT2D eigenvalue weighted by Gasteiger charge is 2.23. The van der Waals surface area contributed by atoms with E-state index in [2.05, 4.69) is 278 Å². The lowest BCUT2D eigenvalue weighted by Gasteiger charge is -2.30. The number of para-hydroxylation sites is 2. The normalized spacial score (nSPS) is 11.4. The van der Waals surface area contributed by atoms with Crippen molar-refractivity contribution in [1.29, 1.82) is 0 Å². The molecule has 0 bridgehead atoms. The van der Waals surface area contributed by atoms with Gasteiger partial charge in [-0.05, 0) is 151 Å². The van der Waals surface area contributed by atoms with Crippen LogP contribution < -0.4 is 9.80 Å². The molecular weight excluding hydrogens is 821 g/mol. The van der Waals surface area contributed by atoms with E-state index in [4.69, 9.17) is 0 Å². The van der Waals surface area contributed by atoms with Crippen LogP contribution in [0.15, 0.2) is 255 Å². The van der Waals surface area contributed by atoms with Crippen molar-refractivity contribution >= 4 is 77.2 Å². The van der Waals surface area contributed by atoms with Crippen LogP contribution in [0.2, 0.25) is 0 Å². The quantitative estimate of drug-likeness (QED) is 0.143. The van der Waals surface area contributed by atoms with Crippen molar-refractivity contribution in [2.75, 3.05) is 9.80 Å². The smallest absolute Gasteiger partial charge is 0.0540 e. The average molecular weight is 869 g/mol. The van der Waals surface area contributed by atoms with Crippen molar-refractivity contribution < 1.29 is 0 Å². The molecule has 0 aliphatic rings. The molecule has 0 N–H and O–H groups in total. The van der Waals surface area contributed by atoms with E-state index in [0.717, 1.165) is 34.1 Å². The van der Waals surface area contributed by atoms with Gasteiger partial charge in [-0.3, -0.25) is 0 Å². The van der Waals surface area contributed by atoms with Crippen molar-refractivity contribution in [2.45, 2.75) is 13.8 Å². The van der Waals surface area contributed by atoms with Gasteiger partial charge < -0.3 is 9.80 Å². The second-order valence-electron chi connectivity index (χ2n) is 17.8. The summed E-state index contributed by atoms with van der Waals surface area (Å²) in [6.07, 6.45) is 0. The Morgan fingerprint density at radius 3 is 1.03 bits per heavy atom. The molecule has 0 aromatic heterocycles. The number of fused-ring (bicyclic) bond motifs is 4. The van der Waals surface area contributed by atoms with Gasteiger partial charge in [-0.15, -0.1) is 0 Å². The van der Waals surface area contributed by atoms with Crippen molar-refractivity contribution in [3.8, 4) is 33.4 Å². The number of aryl methyl sites for hydroxylation is 2. The molecule has 0 atom stereocenters. The van der Waals surface area contributed by atoms with E-state index in [1.807, 2.05) is 0 Å². The van der Waals surface area contributed by atoms with E-state index in [1.165, 1.54) is 87.6 Å². The van der Waals surface area contributed by atoms with Crippen LogP contribution in [0.5, 0.6) is 0 Å². The maximum Gasteiger partial charge on any atom is 0.0540 e. The summed E-state index contributed by atoms with van der Waals surface area (Å²) in [5.74, 6) is 0. The molecule has 0 unspecified atom stereocenters. The van der Waals surface area contributed by atoms with E-state index >= 15 is 0 Å². The Labute approximate surface area is 398 Å². The molecule has 12 rings (SSSR count). The van der Waals surface area contributed by atoms with E-state index in [0.29, 0.717) is 0 Å². The SMILES string of the molecule is Cc1cc(-c2ccc(N(c3ccc4ccccc4c3)c3ccccc3-c3cccc4ccccc34)c(C)c2)ccc1N(c1ccc2ccccc2c1)c1ccccc1-c1cccc2ccccc12. The third-order valence-electron chi connectivity index (χ3n) is 13.6. The maximum atomic E-state index is 2.45. The van der Waals surface area contributed by atoms with Crippen LogP contribution in [-0.2, 0) is 0 Å². The molecule has 0 fully saturated rings. The Morgan fingerprint density at radius 1 is 0.235 bits per heavy atom. The van der Waals surface area contributed by atoms with Crippen molar-refractivity contribution in [3.05, 3.63) is 266 Å². The highest BCUT2D eigenvalue weighted by atomic mass is 15.2. The Bertz CT molecular complexity index is 3600. The Morgan fingerprint density at radius 2 is 0.588 bits per heavy atom. The molecule has 2 nitrogen and oxygen atoms in total. The first-order chi connectivity index (χ1) is 33.6. The lowest BCUT2D eigenvalue weighted by atomic mass is 9.94. The molecule has 0 aliphatic carbocycles. The van der Waals surface area contributed by atoms with E-state index in [-0.39, 0.29) is 0 Å². The number of rotatable bonds is 9. The zero-order chi connectivity index (χ0) is 45.6. The molecule has 0 saturated carbocycles. The highest BCUT2D eigenvalue weighted by Crippen LogP contribution is 2.47. The zero-order valence-corrected chi connectivity index (χ0v) is 38.1. The Balaban J connectivity index is 0.980. The molecule has 12 aromatic carbocycles. The zero-order valence-electron chi connectivity index (χ0n) is 38.1. The fraction of sp³-hybridized carbons (Fsp3) is 0.0303. The minimum absolute atomic E-state index is 1.12. The fourth-order valence-electron chi connectivity index (χ4n) is 10.3. The van der Waals surface area contributed by atoms with Crippen LogP contribution in [0.1, 0.15) is 11.1 Å². The molecular formula is C66H48N2. The minimum Gasteiger partial charge on any atom is -0.310 e. The van der Waals surface area contributed by atoms with Crippen molar-refractivity contribution in [3.63, 3.8) is 0 Å². The lowest BCUT2D eigenvalue weighted by Crippen LogP contribution is -2.13. The third-order valence-corrected chi connectivity index (χ3v) is 13.6. The summed E-state index contributed by atoms with van der Waals surface area (Å²) >= 11 is 0. The first-order valence-corrected chi connectivity index (χ1v) is 23.5. The highest BCUT2D eigenvalue weighted by molar-refractivity contribution is 6.04. The van der Waals surface area contributed by atoms with Gasteiger partial charge in [0.15, 0.2) is 0 Å². The van der Waals surface area contributed by atoms with Gasteiger partial charge in [-0.1, -0.05) is 194 Å². The van der Waals surface area contributed by atoms with E-state index < -0.39 is 0 Å². The first-order valence-electron chi connectivity index (χ1n) is 23.5. The predicted molar refractivity (Wildman–Crippen MR) is 292 cm³/mol. The summed E-state index contributed by atoms with van der Waals surface area (Å²) in [4.78, 5) is 4.90. The first kappa shape index (κ1) is 40.8. The summed E-state index contributed by atoms with van der Waals surface area (Å²) in [7, 11) is 0. The van der Waals surface area contributed by atoms with Crippen LogP contribution in [0.3, 0.4) is 0 Å². The van der Waals surface area contributed by atoms with Gasteiger partial charge in [0.05, 0.1) is 11.4 Å². The summed E-state index contributed by atoms with van der Waals surface area (Å²) in [6.45, 7) is 4.50. The van der Waals surface area contributed by atoms with Gasteiger partial charge in [-0.25, -0.2) is 0 Å². The van der Waals surface area contributed by atoms with Crippen molar-refractivity contribution in [2.24, 2.45) is 0 Å². The summed E-state index contributed by atoms with van der Waals surface area (Å²) < 4.78 is 0. The molecule has 0 saturated heterocycles. The summed E-state index contributed by atoms with van der Waals surface area (Å²) in [5, 5.41) is 9.80. The maximum absolute atomic E-state index is 2.45. The van der Waals surface area contributed by atoms with Crippen LogP contribution in [0.4, 0.5) is 34.1 Å². The molecule has 12 aromatic rings. The van der Waals surface area contributed by atoms with Crippen LogP contribution in [0, 0.1) is 13.8 Å². The van der Waals surface area contributed by atoms with Gasteiger partial charge in [0.1, 0.15) is 0 Å². The molecule has 0 radical (unpaired) electrons. The van der Waals surface area contributed by atoms with E-state index in [9.17, 15) is 0 Å². The molecule has 0 spiro atoms. The minimum atomic E-state index is 1.12. The Hall–Kier alpha value is -8.72. The second-order valence-corrected chi connectivity index (χ2v) is 17.8. The predicted octanol–water partition coefficient (Wildman–Crippen LogP) is 18.9. The van der Waals surface area contributed by atoms with E-state index in [1.54, 1.807) is 0 Å². The standard InChI is InChI=1S/C66H48N2/c1-45-41-53(35-39-63(45)67(55-37-33-47-17-3-5-21-51(47)43-55)65-31-13-11-27-61(65)59-29-15-23-49-19-7-9-25-57(49)59)54-36-40-64(46(2)42-54)68(56-38-34-48-18-4-6-22-52(48)44-56)66-32-14-12-28-62(66)60-30-16-24-50-20-8-10-26-58(50)60/h3-44H,1-2H3. The number of anilines is 6. The summed E-state index contributed by atoms with van der Waals surface area (Å²) in [5.41, 5.74) is 16.3.